The minimum atomic E-state index is -3.48. The third-order valence-electron chi connectivity index (χ3n) is 2.12. The molecular formula is C10H13ClN2O4S. The first-order valence-electron chi connectivity index (χ1n) is 5.13. The number of nitrogens with one attached hydrogen (secondary N) is 1. The molecule has 0 amide bonds. The van der Waals surface area contributed by atoms with Gasteiger partial charge in [0.05, 0.1) is 10.7 Å². The van der Waals surface area contributed by atoms with Crippen LogP contribution in [0.15, 0.2) is 24.3 Å². The second-order valence-electron chi connectivity index (χ2n) is 3.86. The van der Waals surface area contributed by atoms with Crippen molar-refractivity contribution in [1.82, 2.24) is 4.72 Å². The molecule has 1 atom stereocenters. The molecule has 0 saturated carbocycles. The van der Waals surface area contributed by atoms with E-state index in [4.69, 9.17) is 11.6 Å². The van der Waals surface area contributed by atoms with Crippen LogP contribution in [0.25, 0.3) is 0 Å². The van der Waals surface area contributed by atoms with Crippen molar-refractivity contribution >= 4 is 27.3 Å². The molecule has 6 nitrogen and oxygen atoms in total. The second kappa shape index (κ2) is 6.12. The number of hydrogen-bond donors (Lipinski definition) is 1. The molecule has 0 saturated heterocycles. The summed E-state index contributed by atoms with van der Waals surface area (Å²) in [4.78, 5) is 9.91. The highest BCUT2D eigenvalue weighted by atomic mass is 35.5. The zero-order chi connectivity index (χ0) is 13.8. The number of hydrogen-bond acceptors (Lipinski definition) is 4. The molecule has 1 aromatic rings. The molecule has 1 unspecified atom stereocenters. The molecule has 8 heteroatoms. The van der Waals surface area contributed by atoms with E-state index in [-0.39, 0.29) is 23.4 Å². The molecule has 0 spiro atoms. The van der Waals surface area contributed by atoms with Gasteiger partial charge in [-0.1, -0.05) is 12.1 Å². The lowest BCUT2D eigenvalue weighted by Crippen LogP contribution is -2.34. The van der Waals surface area contributed by atoms with Gasteiger partial charge in [-0.2, -0.15) is 0 Å². The number of halogens is 1. The van der Waals surface area contributed by atoms with Crippen LogP contribution >= 0.6 is 11.6 Å². The Morgan fingerprint density at radius 3 is 2.39 bits per heavy atom. The second-order valence-corrected chi connectivity index (χ2v) is 5.92. The highest BCUT2D eigenvalue weighted by Crippen LogP contribution is 2.13. The maximum atomic E-state index is 11.7. The fourth-order valence-electron chi connectivity index (χ4n) is 1.31. The number of nitro benzene ring substituents is 1. The maximum absolute atomic E-state index is 11.7. The number of sulfonamides is 1. The normalized spacial score (nSPS) is 13.2. The van der Waals surface area contributed by atoms with Gasteiger partial charge in [0.25, 0.3) is 5.69 Å². The van der Waals surface area contributed by atoms with Crippen molar-refractivity contribution in [2.75, 3.05) is 5.88 Å². The molecular weight excluding hydrogens is 280 g/mol. The van der Waals surface area contributed by atoms with Crippen molar-refractivity contribution in [2.45, 2.75) is 18.7 Å². The summed E-state index contributed by atoms with van der Waals surface area (Å²) >= 11 is 5.51. The van der Waals surface area contributed by atoms with E-state index in [9.17, 15) is 18.5 Å². The highest BCUT2D eigenvalue weighted by molar-refractivity contribution is 7.88. The van der Waals surface area contributed by atoms with Gasteiger partial charge >= 0.3 is 0 Å². The van der Waals surface area contributed by atoms with Crippen molar-refractivity contribution in [3.8, 4) is 0 Å². The van der Waals surface area contributed by atoms with Crippen LogP contribution in [-0.2, 0) is 15.8 Å². The predicted molar refractivity (Wildman–Crippen MR) is 69.0 cm³/mol. The van der Waals surface area contributed by atoms with Gasteiger partial charge in [0.2, 0.25) is 10.0 Å². The van der Waals surface area contributed by atoms with Crippen molar-refractivity contribution in [1.29, 1.82) is 0 Å². The molecule has 18 heavy (non-hydrogen) atoms. The Labute approximate surface area is 110 Å². The minimum absolute atomic E-state index is 0.0711. The van der Waals surface area contributed by atoms with Gasteiger partial charge in [0.15, 0.2) is 0 Å². The summed E-state index contributed by atoms with van der Waals surface area (Å²) in [6, 6.07) is 5.03. The van der Waals surface area contributed by atoms with Crippen LogP contribution in [-0.4, -0.2) is 25.3 Å². The fraction of sp³-hybridized carbons (Fsp3) is 0.400. The van der Waals surface area contributed by atoms with Crippen molar-refractivity contribution in [3.05, 3.63) is 39.9 Å². The van der Waals surface area contributed by atoms with E-state index >= 15 is 0 Å². The molecule has 1 N–H and O–H groups in total. The molecule has 0 aliphatic rings. The number of benzene rings is 1. The van der Waals surface area contributed by atoms with Crippen LogP contribution in [0.3, 0.4) is 0 Å². The zero-order valence-electron chi connectivity index (χ0n) is 9.67. The third-order valence-corrected chi connectivity index (χ3v) is 4.05. The Morgan fingerprint density at radius 2 is 1.94 bits per heavy atom. The fourth-order valence-corrected chi connectivity index (χ4v) is 2.89. The number of nitrogens with zero attached hydrogens (tertiary/aromatic N) is 1. The quantitative estimate of drug-likeness (QED) is 0.490. The van der Waals surface area contributed by atoms with Crippen molar-refractivity contribution in [2.24, 2.45) is 0 Å². The molecule has 1 aromatic carbocycles. The lowest BCUT2D eigenvalue weighted by Gasteiger charge is -2.11. The monoisotopic (exact) mass is 292 g/mol. The third kappa shape index (κ3) is 4.59. The number of alkyl halides is 1. The smallest absolute Gasteiger partial charge is 0.258 e. The summed E-state index contributed by atoms with van der Waals surface area (Å²) in [6.07, 6.45) is 0. The summed E-state index contributed by atoms with van der Waals surface area (Å²) in [6.45, 7) is 1.65. The van der Waals surface area contributed by atoms with E-state index in [1.807, 2.05) is 0 Å². The van der Waals surface area contributed by atoms with E-state index in [1.165, 1.54) is 24.3 Å². The molecule has 100 valence electrons. The highest BCUT2D eigenvalue weighted by Gasteiger charge is 2.15. The Hall–Kier alpha value is -1.18. The van der Waals surface area contributed by atoms with Crippen molar-refractivity contribution < 1.29 is 13.3 Å². The molecule has 0 bridgehead atoms. The molecule has 0 aromatic heterocycles. The first-order chi connectivity index (χ1) is 8.34. The number of non-ortho nitro benzene ring substituents is 1. The lowest BCUT2D eigenvalue weighted by atomic mass is 10.2. The maximum Gasteiger partial charge on any atom is 0.269 e. The van der Waals surface area contributed by atoms with Gasteiger partial charge in [0, 0.05) is 24.1 Å². The van der Waals surface area contributed by atoms with Gasteiger partial charge in [0.1, 0.15) is 0 Å². The predicted octanol–water partition coefficient (Wildman–Crippen LogP) is 1.64. The average Bonchev–Trinajstić information content (AvgIpc) is 2.28. The Balaban J connectivity index is 2.75. The van der Waals surface area contributed by atoms with Crippen LogP contribution in [0.2, 0.25) is 0 Å². The van der Waals surface area contributed by atoms with Gasteiger partial charge in [-0.15, -0.1) is 11.6 Å². The molecule has 1 rings (SSSR count). The average molecular weight is 293 g/mol. The molecule has 0 fully saturated rings. The van der Waals surface area contributed by atoms with Gasteiger partial charge in [-0.05, 0) is 12.5 Å². The minimum Gasteiger partial charge on any atom is -0.258 e. The molecule has 0 radical (unpaired) electrons. The summed E-state index contributed by atoms with van der Waals surface area (Å²) in [7, 11) is -3.48. The molecule has 0 aliphatic carbocycles. The van der Waals surface area contributed by atoms with Gasteiger partial charge < -0.3 is 0 Å². The van der Waals surface area contributed by atoms with Crippen molar-refractivity contribution in [3.63, 3.8) is 0 Å². The van der Waals surface area contributed by atoms with Crippen LogP contribution < -0.4 is 4.72 Å². The number of nitro groups is 1. The first kappa shape index (κ1) is 14.9. The van der Waals surface area contributed by atoms with Gasteiger partial charge in [-0.25, -0.2) is 13.1 Å². The number of rotatable bonds is 6. The summed E-state index contributed by atoms with van der Waals surface area (Å²) in [5, 5.41) is 10.4. The van der Waals surface area contributed by atoms with E-state index < -0.39 is 14.9 Å². The Morgan fingerprint density at radius 1 is 1.39 bits per heavy atom. The van der Waals surface area contributed by atoms with E-state index in [2.05, 4.69) is 4.72 Å². The summed E-state index contributed by atoms with van der Waals surface area (Å²) in [5.74, 6) is -0.0499. The van der Waals surface area contributed by atoms with Crippen LogP contribution in [0, 0.1) is 10.1 Å². The summed E-state index contributed by atoms with van der Waals surface area (Å²) < 4.78 is 25.8. The Bertz CT molecular complexity index is 515. The van der Waals surface area contributed by atoms with E-state index in [0.29, 0.717) is 5.56 Å². The first-order valence-corrected chi connectivity index (χ1v) is 7.32. The Kier molecular flexibility index (Phi) is 5.06. The largest absolute Gasteiger partial charge is 0.269 e. The SMILES string of the molecule is CC(CCl)NS(=O)(=O)Cc1ccc([N+](=O)[O-])cc1. The van der Waals surface area contributed by atoms with Crippen LogP contribution in [0.5, 0.6) is 0 Å². The topological polar surface area (TPSA) is 89.3 Å². The van der Waals surface area contributed by atoms with Crippen LogP contribution in [0.1, 0.15) is 12.5 Å². The zero-order valence-corrected chi connectivity index (χ0v) is 11.2. The van der Waals surface area contributed by atoms with Crippen LogP contribution in [0.4, 0.5) is 5.69 Å². The van der Waals surface area contributed by atoms with Gasteiger partial charge in [-0.3, -0.25) is 10.1 Å². The standard InChI is InChI=1S/C10H13ClN2O4S/c1-8(6-11)12-18(16,17)7-9-2-4-10(5-3-9)13(14)15/h2-5,8,12H,6-7H2,1H3. The molecule has 0 heterocycles. The van der Waals surface area contributed by atoms with E-state index in [1.54, 1.807) is 6.92 Å². The van der Waals surface area contributed by atoms with E-state index in [0.717, 1.165) is 0 Å². The summed E-state index contributed by atoms with van der Waals surface area (Å²) in [5.41, 5.74) is 0.410. The lowest BCUT2D eigenvalue weighted by molar-refractivity contribution is -0.384. The molecule has 0 aliphatic heterocycles.